The summed E-state index contributed by atoms with van der Waals surface area (Å²) < 4.78 is 6.43. The maximum Gasteiger partial charge on any atom is 0.227 e. The molecule has 0 unspecified atom stereocenters. The van der Waals surface area contributed by atoms with E-state index in [-0.39, 0.29) is 48.8 Å². The summed E-state index contributed by atoms with van der Waals surface area (Å²) in [5.74, 6) is 0.356. The fourth-order valence-corrected chi connectivity index (χ4v) is 4.88. The number of nitrogen functional groups attached to an aromatic ring is 1. The smallest absolute Gasteiger partial charge is 0.227 e. The number of aliphatic hydroxyl groups excluding tert-OH is 1. The average molecular weight is 568 g/mol. The Hall–Kier alpha value is -3.63. The van der Waals surface area contributed by atoms with Gasteiger partial charge in [-0.3, -0.25) is 14.4 Å². The van der Waals surface area contributed by atoms with Crippen LogP contribution in [-0.4, -0.2) is 78.6 Å². The molecule has 1 aliphatic rings. The molecule has 3 amide bonds. The van der Waals surface area contributed by atoms with E-state index in [2.05, 4.69) is 22.5 Å². The lowest BCUT2D eigenvalue weighted by atomic mass is 10.0. The van der Waals surface area contributed by atoms with E-state index < -0.39 is 0 Å². The summed E-state index contributed by atoms with van der Waals surface area (Å²) in [5.41, 5.74) is 8.30. The number of nitrogens with zero attached hydrogens (tertiary/aromatic N) is 2. The standard InChI is InChI=1S/C31H45N5O5/c1-21-18-36(22(2)20-37)31(40)17-23-16-24(14-15-27(23)41-28(21)19-35(3)4)33-29(38)12-6-5-7-13-30(39)34-26-11-9-8-10-25(26)32/h8-11,14-16,21-22,28,37H,5-7,12-13,17-20,32H2,1-4H3,(H,33,38)(H,34,39)/t21-,22-,28+/m1/s1. The maximum atomic E-state index is 13.3. The second-order valence-corrected chi connectivity index (χ2v) is 11.2. The number of ether oxygens (including phenoxy) is 1. The third-order valence-corrected chi connectivity index (χ3v) is 7.29. The summed E-state index contributed by atoms with van der Waals surface area (Å²) in [6, 6.07) is 12.2. The molecule has 3 atom stereocenters. The summed E-state index contributed by atoms with van der Waals surface area (Å²) >= 11 is 0. The molecule has 0 saturated heterocycles. The molecule has 5 N–H and O–H groups in total. The number of para-hydroxylation sites is 2. The predicted molar refractivity (Wildman–Crippen MR) is 162 cm³/mol. The summed E-state index contributed by atoms with van der Waals surface area (Å²) in [4.78, 5) is 41.9. The molecule has 2 aromatic carbocycles. The van der Waals surface area contributed by atoms with E-state index in [9.17, 15) is 19.5 Å². The number of benzene rings is 2. The van der Waals surface area contributed by atoms with Crippen LogP contribution in [0.1, 0.15) is 51.5 Å². The fourth-order valence-electron chi connectivity index (χ4n) is 4.88. The molecule has 0 bridgehead atoms. The van der Waals surface area contributed by atoms with Crippen molar-refractivity contribution in [3.05, 3.63) is 48.0 Å². The first-order valence-electron chi connectivity index (χ1n) is 14.4. The topological polar surface area (TPSA) is 137 Å². The van der Waals surface area contributed by atoms with E-state index in [1.807, 2.05) is 39.2 Å². The molecule has 0 fully saturated rings. The van der Waals surface area contributed by atoms with Crippen molar-refractivity contribution in [1.29, 1.82) is 0 Å². The minimum Gasteiger partial charge on any atom is -0.488 e. The molecule has 224 valence electrons. The number of aliphatic hydroxyl groups is 1. The normalized spacial score (nSPS) is 18.0. The third-order valence-electron chi connectivity index (χ3n) is 7.29. The molecule has 0 spiro atoms. The number of hydrogen-bond donors (Lipinski definition) is 4. The summed E-state index contributed by atoms with van der Waals surface area (Å²) in [6.45, 7) is 4.94. The summed E-state index contributed by atoms with van der Waals surface area (Å²) in [5, 5.41) is 15.5. The van der Waals surface area contributed by atoms with Gasteiger partial charge in [0.2, 0.25) is 17.7 Å². The van der Waals surface area contributed by atoms with Gasteiger partial charge < -0.3 is 36.0 Å². The molecule has 1 heterocycles. The van der Waals surface area contributed by atoms with Crippen molar-refractivity contribution in [1.82, 2.24) is 9.80 Å². The van der Waals surface area contributed by atoms with Crippen molar-refractivity contribution >= 4 is 34.8 Å². The molecular formula is C31H45N5O5. The lowest BCUT2D eigenvalue weighted by Gasteiger charge is -2.33. The number of rotatable bonds is 12. The van der Waals surface area contributed by atoms with E-state index >= 15 is 0 Å². The first-order chi connectivity index (χ1) is 19.6. The second-order valence-electron chi connectivity index (χ2n) is 11.2. The van der Waals surface area contributed by atoms with Crippen molar-refractivity contribution in [2.45, 2.75) is 64.5 Å². The Balaban J connectivity index is 1.56. The van der Waals surface area contributed by atoms with Gasteiger partial charge in [0.25, 0.3) is 0 Å². The molecule has 0 saturated carbocycles. The number of hydrogen-bond acceptors (Lipinski definition) is 7. The molecule has 1 aliphatic heterocycles. The van der Waals surface area contributed by atoms with Gasteiger partial charge >= 0.3 is 0 Å². The number of carbonyl (C=O) groups is 3. The largest absolute Gasteiger partial charge is 0.488 e. The van der Waals surface area contributed by atoms with Gasteiger partial charge in [0, 0.05) is 43.1 Å². The minimum absolute atomic E-state index is 0.0447. The molecule has 0 radical (unpaired) electrons. The van der Waals surface area contributed by atoms with Crippen LogP contribution in [0.25, 0.3) is 0 Å². The van der Waals surface area contributed by atoms with Crippen LogP contribution in [0, 0.1) is 5.92 Å². The molecule has 10 heteroatoms. The molecule has 2 aromatic rings. The van der Waals surface area contributed by atoms with Crippen LogP contribution < -0.4 is 21.1 Å². The Labute approximate surface area is 243 Å². The first-order valence-corrected chi connectivity index (χ1v) is 14.4. The van der Waals surface area contributed by atoms with Crippen molar-refractivity contribution in [3.8, 4) is 5.75 Å². The zero-order valence-corrected chi connectivity index (χ0v) is 24.7. The van der Waals surface area contributed by atoms with Gasteiger partial charge in [-0.2, -0.15) is 0 Å². The highest BCUT2D eigenvalue weighted by atomic mass is 16.5. The molecule has 0 aliphatic carbocycles. The number of amides is 3. The van der Waals surface area contributed by atoms with Crippen molar-refractivity contribution in [2.75, 3.05) is 50.2 Å². The minimum atomic E-state index is -0.308. The van der Waals surface area contributed by atoms with E-state index in [1.165, 1.54) is 0 Å². The number of fused-ring (bicyclic) bond motifs is 1. The van der Waals surface area contributed by atoms with Crippen LogP contribution in [0.4, 0.5) is 17.1 Å². The van der Waals surface area contributed by atoms with Crippen LogP contribution in [0.2, 0.25) is 0 Å². The van der Waals surface area contributed by atoms with Gasteiger partial charge in [-0.15, -0.1) is 0 Å². The van der Waals surface area contributed by atoms with Gasteiger partial charge in [-0.1, -0.05) is 25.5 Å². The SMILES string of the molecule is C[C@@H]1CN([C@H](C)CO)C(=O)Cc2cc(NC(=O)CCCCCC(=O)Nc3ccccc3N)ccc2O[C@H]1CN(C)C. The number of likely N-dealkylation sites (N-methyl/N-ethyl adjacent to an activating group) is 1. The van der Waals surface area contributed by atoms with Crippen LogP contribution >= 0.6 is 0 Å². The number of nitrogens with two attached hydrogens (primary N) is 1. The van der Waals surface area contributed by atoms with Crippen LogP contribution in [0.5, 0.6) is 5.75 Å². The zero-order chi connectivity index (χ0) is 29.9. The Morgan fingerprint density at radius 2 is 1.78 bits per heavy atom. The molecule has 3 rings (SSSR count). The van der Waals surface area contributed by atoms with Gasteiger partial charge in [-0.25, -0.2) is 0 Å². The summed E-state index contributed by atoms with van der Waals surface area (Å²) in [7, 11) is 3.97. The van der Waals surface area contributed by atoms with Crippen molar-refractivity contribution in [3.63, 3.8) is 0 Å². The van der Waals surface area contributed by atoms with E-state index in [1.54, 1.807) is 29.2 Å². The molecule has 0 aromatic heterocycles. The molecule has 41 heavy (non-hydrogen) atoms. The van der Waals surface area contributed by atoms with Crippen LogP contribution in [-0.2, 0) is 20.8 Å². The fraction of sp³-hybridized carbons (Fsp3) is 0.516. The van der Waals surface area contributed by atoms with E-state index in [0.29, 0.717) is 67.1 Å². The number of anilines is 3. The number of carbonyl (C=O) groups excluding carboxylic acids is 3. The number of nitrogens with one attached hydrogen (secondary N) is 2. The lowest BCUT2D eigenvalue weighted by molar-refractivity contribution is -0.134. The van der Waals surface area contributed by atoms with Gasteiger partial charge in [0.05, 0.1) is 30.4 Å². The Kier molecular flexibility index (Phi) is 12.0. The maximum absolute atomic E-state index is 13.3. The highest BCUT2D eigenvalue weighted by molar-refractivity contribution is 5.93. The average Bonchev–Trinajstić information content (AvgIpc) is 2.96. The van der Waals surface area contributed by atoms with Gasteiger partial charge in [0.15, 0.2) is 0 Å². The monoisotopic (exact) mass is 567 g/mol. The first kappa shape index (κ1) is 31.9. The highest BCUT2D eigenvalue weighted by Gasteiger charge is 2.30. The number of unbranched alkanes of at least 4 members (excludes halogenated alkanes) is 2. The van der Waals surface area contributed by atoms with E-state index in [4.69, 9.17) is 10.5 Å². The Morgan fingerprint density at radius 3 is 2.44 bits per heavy atom. The molecular weight excluding hydrogens is 522 g/mol. The Morgan fingerprint density at radius 1 is 1.10 bits per heavy atom. The quantitative estimate of drug-likeness (QED) is 0.228. The van der Waals surface area contributed by atoms with Crippen molar-refractivity contribution in [2.24, 2.45) is 5.92 Å². The highest BCUT2D eigenvalue weighted by Crippen LogP contribution is 2.29. The van der Waals surface area contributed by atoms with Crippen LogP contribution in [0.15, 0.2) is 42.5 Å². The summed E-state index contributed by atoms with van der Waals surface area (Å²) in [6.07, 6.45) is 2.69. The predicted octanol–water partition coefficient (Wildman–Crippen LogP) is 3.51. The molecule has 10 nitrogen and oxygen atoms in total. The van der Waals surface area contributed by atoms with Crippen LogP contribution in [0.3, 0.4) is 0 Å². The van der Waals surface area contributed by atoms with Crippen molar-refractivity contribution < 1.29 is 24.2 Å². The lowest BCUT2D eigenvalue weighted by Crippen LogP contribution is -2.47. The zero-order valence-electron chi connectivity index (χ0n) is 24.7. The van der Waals surface area contributed by atoms with Gasteiger partial charge in [-0.05, 0) is 64.2 Å². The Bertz CT molecular complexity index is 1190. The van der Waals surface area contributed by atoms with E-state index in [0.717, 1.165) is 6.42 Å². The van der Waals surface area contributed by atoms with Gasteiger partial charge in [0.1, 0.15) is 11.9 Å². The second kappa shape index (κ2) is 15.4. The third kappa shape index (κ3) is 9.75.